The second kappa shape index (κ2) is 16.7. The fourth-order valence-corrected chi connectivity index (χ4v) is 3.18. The average Bonchev–Trinajstić information content (AvgIpc) is 2.60. The van der Waals surface area contributed by atoms with Crippen LogP contribution in [0.4, 0.5) is 11.8 Å². The number of nitrogens with one attached hydrogen (secondary N) is 1. The summed E-state index contributed by atoms with van der Waals surface area (Å²) < 4.78 is 0. The van der Waals surface area contributed by atoms with Crippen molar-refractivity contribution in [1.29, 1.82) is 0 Å². The minimum Gasteiger partial charge on any atom is -0.357 e. The summed E-state index contributed by atoms with van der Waals surface area (Å²) in [5.74, 6) is 1.77. The summed E-state index contributed by atoms with van der Waals surface area (Å²) in [5, 5.41) is 3.36. The Morgan fingerprint density at radius 2 is 1.69 bits per heavy atom. The third-order valence-electron chi connectivity index (χ3n) is 4.61. The van der Waals surface area contributed by atoms with Gasteiger partial charge in [0.25, 0.3) is 0 Å². The Hall–Kier alpha value is -0.490. The van der Waals surface area contributed by atoms with Crippen molar-refractivity contribution in [2.45, 2.75) is 52.4 Å². The smallest absolute Gasteiger partial charge is 0.224 e. The van der Waals surface area contributed by atoms with Gasteiger partial charge in [-0.3, -0.25) is 0 Å². The molecule has 154 valence electrons. The monoisotopic (exact) mass is 427 g/mol. The van der Waals surface area contributed by atoms with E-state index >= 15 is 0 Å². The number of halogens is 3. The van der Waals surface area contributed by atoms with Gasteiger partial charge in [-0.05, 0) is 65.2 Å². The van der Waals surface area contributed by atoms with E-state index in [9.17, 15) is 0 Å². The number of anilines is 2. The van der Waals surface area contributed by atoms with Gasteiger partial charge in [-0.1, -0.05) is 12.8 Å². The molecule has 0 bridgehead atoms. The summed E-state index contributed by atoms with van der Waals surface area (Å²) in [6.07, 6.45) is 9.82. The molecule has 0 aromatic carbocycles. The highest BCUT2D eigenvalue weighted by molar-refractivity contribution is 5.86. The predicted octanol–water partition coefficient (Wildman–Crippen LogP) is 4.66. The highest BCUT2D eigenvalue weighted by atomic mass is 35.5. The van der Waals surface area contributed by atoms with Crippen LogP contribution in [0.25, 0.3) is 0 Å². The molecule has 26 heavy (non-hydrogen) atoms. The molecule has 1 aromatic rings. The third-order valence-corrected chi connectivity index (χ3v) is 4.61. The number of piperidine rings is 1. The molecule has 1 aliphatic rings. The zero-order chi connectivity index (χ0) is 16.3. The van der Waals surface area contributed by atoms with Crippen LogP contribution in [-0.2, 0) is 0 Å². The lowest BCUT2D eigenvalue weighted by atomic mass is 10.1. The summed E-state index contributed by atoms with van der Waals surface area (Å²) in [7, 11) is 0. The van der Waals surface area contributed by atoms with E-state index in [4.69, 9.17) is 0 Å². The number of hydrogen-bond acceptors (Lipinski definition) is 5. The van der Waals surface area contributed by atoms with E-state index in [-0.39, 0.29) is 37.2 Å². The maximum atomic E-state index is 4.60. The normalized spacial score (nSPS) is 13.8. The number of hydrogen-bond donors (Lipinski definition) is 1. The third kappa shape index (κ3) is 10.0. The van der Waals surface area contributed by atoms with Crippen LogP contribution in [-0.4, -0.2) is 54.1 Å². The van der Waals surface area contributed by atoms with Gasteiger partial charge >= 0.3 is 0 Å². The van der Waals surface area contributed by atoms with Crippen molar-refractivity contribution in [3.05, 3.63) is 12.3 Å². The van der Waals surface area contributed by atoms with E-state index in [2.05, 4.69) is 38.9 Å². The zero-order valence-corrected chi connectivity index (χ0v) is 18.6. The summed E-state index contributed by atoms with van der Waals surface area (Å²) in [5.41, 5.74) is 0. The lowest BCUT2D eigenvalue weighted by Crippen LogP contribution is -2.30. The lowest BCUT2D eigenvalue weighted by Gasteiger charge is -2.26. The number of aromatic nitrogens is 2. The molecule has 1 fully saturated rings. The van der Waals surface area contributed by atoms with E-state index in [0.29, 0.717) is 0 Å². The molecule has 1 saturated heterocycles. The van der Waals surface area contributed by atoms with Crippen molar-refractivity contribution >= 4 is 49.0 Å². The topological polar surface area (TPSA) is 44.3 Å². The molecule has 2 heterocycles. The Morgan fingerprint density at radius 3 is 2.35 bits per heavy atom. The maximum absolute atomic E-state index is 4.60. The van der Waals surface area contributed by atoms with Gasteiger partial charge in [0, 0.05) is 25.8 Å². The fraction of sp³-hybridized carbons (Fsp3) is 0.778. The number of rotatable bonds is 10. The number of unbranched alkanes of at least 4 members (excludes halogenated alkanes) is 2. The van der Waals surface area contributed by atoms with Crippen LogP contribution in [0.5, 0.6) is 0 Å². The molecule has 0 spiro atoms. The molecule has 0 unspecified atom stereocenters. The predicted molar refractivity (Wildman–Crippen MR) is 120 cm³/mol. The highest BCUT2D eigenvalue weighted by Gasteiger charge is 2.09. The van der Waals surface area contributed by atoms with Crippen LogP contribution in [0, 0.1) is 0 Å². The molecule has 1 N–H and O–H groups in total. The van der Waals surface area contributed by atoms with E-state index in [1.54, 1.807) is 0 Å². The molecule has 0 radical (unpaired) electrons. The summed E-state index contributed by atoms with van der Waals surface area (Å²) in [6.45, 7) is 11.1. The molecule has 1 aromatic heterocycles. The van der Waals surface area contributed by atoms with Crippen molar-refractivity contribution in [1.82, 2.24) is 14.9 Å². The van der Waals surface area contributed by atoms with E-state index < -0.39 is 0 Å². The SMILES string of the molecule is CCN(CC)c1ccnc(NCCCCCN2CCCCC2)n1.Cl.Cl.Cl. The highest BCUT2D eigenvalue weighted by Crippen LogP contribution is 2.12. The molecule has 2 rings (SSSR count). The maximum Gasteiger partial charge on any atom is 0.224 e. The van der Waals surface area contributed by atoms with Crippen molar-refractivity contribution in [3.8, 4) is 0 Å². The zero-order valence-electron chi connectivity index (χ0n) is 16.2. The van der Waals surface area contributed by atoms with Crippen molar-refractivity contribution in [3.63, 3.8) is 0 Å². The summed E-state index contributed by atoms with van der Waals surface area (Å²) in [6, 6.07) is 1.98. The standard InChI is InChI=1S/C18H33N5.3ClH/c1-3-23(4-2)17-11-13-20-18(21-17)19-12-7-5-8-14-22-15-9-6-10-16-22;;;/h11,13H,3-10,12,14-16H2,1-2H3,(H,19,20,21);3*1H. The van der Waals surface area contributed by atoms with Gasteiger partial charge < -0.3 is 15.1 Å². The van der Waals surface area contributed by atoms with Crippen LogP contribution in [0.2, 0.25) is 0 Å². The first-order chi connectivity index (χ1) is 11.3. The first-order valence-corrected chi connectivity index (χ1v) is 9.37. The lowest BCUT2D eigenvalue weighted by molar-refractivity contribution is 0.224. The Kier molecular flexibility index (Phi) is 17.8. The second-order valence-electron chi connectivity index (χ2n) is 6.30. The molecule has 0 amide bonds. The van der Waals surface area contributed by atoms with Crippen LogP contribution in [0.15, 0.2) is 12.3 Å². The second-order valence-corrected chi connectivity index (χ2v) is 6.30. The van der Waals surface area contributed by atoms with E-state index in [1.165, 1.54) is 58.2 Å². The molecular weight excluding hydrogens is 393 g/mol. The number of likely N-dealkylation sites (tertiary alicyclic amines) is 1. The molecular formula is C18H36Cl3N5. The summed E-state index contributed by atoms with van der Waals surface area (Å²) >= 11 is 0. The van der Waals surface area contributed by atoms with Gasteiger partial charge in [-0.2, -0.15) is 4.98 Å². The Balaban J connectivity index is 0. The fourth-order valence-electron chi connectivity index (χ4n) is 3.18. The van der Waals surface area contributed by atoms with Crippen molar-refractivity contribution < 1.29 is 0 Å². The Morgan fingerprint density at radius 1 is 1.00 bits per heavy atom. The van der Waals surface area contributed by atoms with Gasteiger partial charge in [0.05, 0.1) is 0 Å². The van der Waals surface area contributed by atoms with Crippen LogP contribution in [0.3, 0.4) is 0 Å². The minimum absolute atomic E-state index is 0. The van der Waals surface area contributed by atoms with Crippen LogP contribution in [0.1, 0.15) is 52.4 Å². The molecule has 0 aliphatic carbocycles. The van der Waals surface area contributed by atoms with E-state index in [0.717, 1.165) is 31.4 Å². The minimum atomic E-state index is 0. The molecule has 1 aliphatic heterocycles. The first-order valence-electron chi connectivity index (χ1n) is 9.37. The molecule has 8 heteroatoms. The quantitative estimate of drug-likeness (QED) is 0.549. The van der Waals surface area contributed by atoms with Gasteiger partial charge in [0.1, 0.15) is 5.82 Å². The van der Waals surface area contributed by atoms with Crippen LogP contribution < -0.4 is 10.2 Å². The Labute approximate surface area is 178 Å². The van der Waals surface area contributed by atoms with Crippen LogP contribution >= 0.6 is 37.2 Å². The number of nitrogens with zero attached hydrogens (tertiary/aromatic N) is 4. The van der Waals surface area contributed by atoms with Crippen molar-refractivity contribution in [2.75, 3.05) is 49.5 Å². The summed E-state index contributed by atoms with van der Waals surface area (Å²) in [4.78, 5) is 13.8. The van der Waals surface area contributed by atoms with Gasteiger partial charge in [0.2, 0.25) is 5.95 Å². The van der Waals surface area contributed by atoms with Gasteiger partial charge in [-0.25, -0.2) is 4.98 Å². The van der Waals surface area contributed by atoms with Gasteiger partial charge in [0.15, 0.2) is 0 Å². The van der Waals surface area contributed by atoms with Gasteiger partial charge in [-0.15, -0.1) is 37.2 Å². The Bertz CT molecular complexity index is 441. The average molecular weight is 429 g/mol. The first kappa shape index (κ1) is 27.7. The molecule has 0 saturated carbocycles. The molecule has 5 nitrogen and oxygen atoms in total. The van der Waals surface area contributed by atoms with Crippen molar-refractivity contribution in [2.24, 2.45) is 0 Å². The molecule has 0 atom stereocenters. The van der Waals surface area contributed by atoms with E-state index in [1.807, 2.05) is 12.3 Å². The largest absolute Gasteiger partial charge is 0.357 e.